The Bertz CT molecular complexity index is 371. The normalized spacial score (nSPS) is 22.9. The van der Waals surface area contributed by atoms with Crippen molar-refractivity contribution >= 4 is 0 Å². The second-order valence-corrected chi connectivity index (χ2v) is 6.20. The van der Waals surface area contributed by atoms with E-state index in [4.69, 9.17) is 0 Å². The summed E-state index contributed by atoms with van der Waals surface area (Å²) in [6.45, 7) is 0. The van der Waals surface area contributed by atoms with Crippen molar-refractivity contribution in [3.63, 3.8) is 0 Å². The van der Waals surface area contributed by atoms with Crippen LogP contribution in [0.5, 0.6) is 0 Å². The first-order valence-corrected chi connectivity index (χ1v) is 7.61. The van der Waals surface area contributed by atoms with Crippen molar-refractivity contribution in [1.29, 1.82) is 0 Å². The van der Waals surface area contributed by atoms with Crippen molar-refractivity contribution in [3.8, 4) is 0 Å². The summed E-state index contributed by atoms with van der Waals surface area (Å²) in [5.41, 5.74) is 2.58. The van der Waals surface area contributed by atoms with Crippen LogP contribution in [0.25, 0.3) is 0 Å². The minimum atomic E-state index is -0.249. The average molecular weight is 244 g/mol. The maximum atomic E-state index is 10.3. The van der Waals surface area contributed by atoms with E-state index in [1.54, 1.807) is 0 Å². The van der Waals surface area contributed by atoms with Crippen LogP contribution in [-0.4, -0.2) is 5.11 Å². The lowest BCUT2D eigenvalue weighted by Crippen LogP contribution is -2.11. The molecule has 1 unspecified atom stereocenters. The van der Waals surface area contributed by atoms with Gasteiger partial charge in [-0.25, -0.2) is 0 Å². The molecule has 0 saturated heterocycles. The molecule has 0 bridgehead atoms. The largest absolute Gasteiger partial charge is 0.388 e. The molecular formula is C17H24O. The van der Waals surface area contributed by atoms with Crippen LogP contribution in [0, 0.1) is 5.92 Å². The highest BCUT2D eigenvalue weighted by Crippen LogP contribution is 2.40. The second kappa shape index (κ2) is 5.44. The molecule has 0 aromatic heterocycles. The molecule has 0 amide bonds. The van der Waals surface area contributed by atoms with Gasteiger partial charge in [0.2, 0.25) is 0 Å². The molecule has 2 saturated carbocycles. The van der Waals surface area contributed by atoms with Crippen molar-refractivity contribution in [2.45, 2.75) is 63.4 Å². The van der Waals surface area contributed by atoms with E-state index in [2.05, 4.69) is 24.3 Å². The summed E-state index contributed by atoms with van der Waals surface area (Å²) in [5, 5.41) is 10.3. The van der Waals surface area contributed by atoms with Gasteiger partial charge in [-0.15, -0.1) is 0 Å². The molecule has 1 aromatic rings. The molecule has 0 radical (unpaired) electrons. The quantitative estimate of drug-likeness (QED) is 0.822. The van der Waals surface area contributed by atoms with Crippen LogP contribution in [0.4, 0.5) is 0 Å². The van der Waals surface area contributed by atoms with Gasteiger partial charge in [0.25, 0.3) is 0 Å². The number of rotatable bonds is 4. The number of hydrogen-bond donors (Lipinski definition) is 1. The standard InChI is InChI=1S/C17H24O/c18-17(12-13-4-2-1-3-5-13)16-10-8-15(9-11-16)14-6-7-14/h8-11,13-14,17-18H,1-7,12H2. The van der Waals surface area contributed by atoms with Crippen molar-refractivity contribution in [3.05, 3.63) is 35.4 Å². The van der Waals surface area contributed by atoms with Gasteiger partial charge in [0.15, 0.2) is 0 Å². The third-order valence-electron chi connectivity index (χ3n) is 4.65. The van der Waals surface area contributed by atoms with Crippen LogP contribution < -0.4 is 0 Å². The smallest absolute Gasteiger partial charge is 0.0792 e. The highest BCUT2D eigenvalue weighted by atomic mass is 16.3. The highest BCUT2D eigenvalue weighted by molar-refractivity contribution is 5.29. The fourth-order valence-electron chi connectivity index (χ4n) is 3.28. The van der Waals surface area contributed by atoms with Crippen LogP contribution >= 0.6 is 0 Å². The molecule has 3 rings (SSSR count). The summed E-state index contributed by atoms with van der Waals surface area (Å²) in [6.07, 6.45) is 10.2. The van der Waals surface area contributed by atoms with E-state index in [0.717, 1.165) is 23.8 Å². The molecule has 18 heavy (non-hydrogen) atoms. The van der Waals surface area contributed by atoms with Crippen LogP contribution in [-0.2, 0) is 0 Å². The topological polar surface area (TPSA) is 20.2 Å². The van der Waals surface area contributed by atoms with Crippen LogP contribution in [0.2, 0.25) is 0 Å². The molecule has 2 fully saturated rings. The zero-order valence-electron chi connectivity index (χ0n) is 11.1. The first-order chi connectivity index (χ1) is 8.83. The van der Waals surface area contributed by atoms with E-state index in [1.807, 2.05) is 0 Å². The number of hydrogen-bond acceptors (Lipinski definition) is 1. The molecule has 1 aromatic carbocycles. The molecule has 0 aliphatic heterocycles. The Morgan fingerprint density at radius 1 is 0.944 bits per heavy atom. The zero-order valence-corrected chi connectivity index (χ0v) is 11.1. The molecule has 2 aliphatic carbocycles. The van der Waals surface area contributed by atoms with Gasteiger partial charge in [-0.2, -0.15) is 0 Å². The molecule has 1 nitrogen and oxygen atoms in total. The third-order valence-corrected chi connectivity index (χ3v) is 4.65. The highest BCUT2D eigenvalue weighted by Gasteiger charge is 2.24. The molecule has 1 N–H and O–H groups in total. The molecule has 2 aliphatic rings. The van der Waals surface area contributed by atoms with Crippen molar-refractivity contribution in [2.75, 3.05) is 0 Å². The Kier molecular flexibility index (Phi) is 3.69. The van der Waals surface area contributed by atoms with Crippen molar-refractivity contribution < 1.29 is 5.11 Å². The molecule has 0 heterocycles. The summed E-state index contributed by atoms with van der Waals surface area (Å²) >= 11 is 0. The lowest BCUT2D eigenvalue weighted by atomic mass is 9.84. The minimum absolute atomic E-state index is 0.249. The predicted octanol–water partition coefficient (Wildman–Crippen LogP) is 4.57. The molecule has 0 spiro atoms. The van der Waals surface area contributed by atoms with Gasteiger partial charge in [0.05, 0.1) is 6.10 Å². The second-order valence-electron chi connectivity index (χ2n) is 6.20. The molecule has 1 heteroatoms. The summed E-state index contributed by atoms with van der Waals surface area (Å²) in [7, 11) is 0. The first kappa shape index (κ1) is 12.2. The van der Waals surface area contributed by atoms with E-state index < -0.39 is 0 Å². The monoisotopic (exact) mass is 244 g/mol. The third kappa shape index (κ3) is 2.95. The van der Waals surface area contributed by atoms with E-state index >= 15 is 0 Å². The van der Waals surface area contributed by atoms with E-state index in [1.165, 1.54) is 50.5 Å². The fourth-order valence-corrected chi connectivity index (χ4v) is 3.28. The number of benzene rings is 1. The van der Waals surface area contributed by atoms with Crippen LogP contribution in [0.1, 0.15) is 74.5 Å². The molecular weight excluding hydrogens is 220 g/mol. The summed E-state index contributed by atoms with van der Waals surface area (Å²) in [5.74, 6) is 1.56. The van der Waals surface area contributed by atoms with Gasteiger partial charge in [-0.05, 0) is 42.2 Å². The van der Waals surface area contributed by atoms with Crippen LogP contribution in [0.3, 0.4) is 0 Å². The SMILES string of the molecule is OC(CC1CCCCC1)c1ccc(C2CC2)cc1. The average Bonchev–Trinajstić information content (AvgIpc) is 3.24. The van der Waals surface area contributed by atoms with Crippen molar-refractivity contribution in [2.24, 2.45) is 5.92 Å². The minimum Gasteiger partial charge on any atom is -0.388 e. The fraction of sp³-hybridized carbons (Fsp3) is 0.647. The Morgan fingerprint density at radius 2 is 1.61 bits per heavy atom. The van der Waals surface area contributed by atoms with E-state index in [0.29, 0.717) is 0 Å². The lowest BCUT2D eigenvalue weighted by molar-refractivity contribution is 0.131. The van der Waals surface area contributed by atoms with Gasteiger partial charge in [0.1, 0.15) is 0 Å². The number of aliphatic hydroxyl groups excluding tert-OH is 1. The maximum absolute atomic E-state index is 10.3. The predicted molar refractivity (Wildman–Crippen MR) is 74.6 cm³/mol. The van der Waals surface area contributed by atoms with Gasteiger partial charge in [-0.1, -0.05) is 56.4 Å². The van der Waals surface area contributed by atoms with Gasteiger partial charge >= 0.3 is 0 Å². The lowest BCUT2D eigenvalue weighted by Gasteiger charge is -2.24. The van der Waals surface area contributed by atoms with Gasteiger partial charge < -0.3 is 5.11 Å². The molecule has 98 valence electrons. The Balaban J connectivity index is 1.58. The van der Waals surface area contributed by atoms with E-state index in [9.17, 15) is 5.11 Å². The van der Waals surface area contributed by atoms with E-state index in [-0.39, 0.29) is 6.10 Å². The number of aliphatic hydroxyl groups is 1. The Hall–Kier alpha value is -0.820. The van der Waals surface area contributed by atoms with Crippen molar-refractivity contribution in [1.82, 2.24) is 0 Å². The summed E-state index contributed by atoms with van der Waals surface area (Å²) < 4.78 is 0. The summed E-state index contributed by atoms with van der Waals surface area (Å²) in [6, 6.07) is 8.72. The Labute approximate surface area is 110 Å². The Morgan fingerprint density at radius 3 is 2.22 bits per heavy atom. The van der Waals surface area contributed by atoms with Gasteiger partial charge in [-0.3, -0.25) is 0 Å². The molecule has 1 atom stereocenters. The maximum Gasteiger partial charge on any atom is 0.0792 e. The van der Waals surface area contributed by atoms with Gasteiger partial charge in [0, 0.05) is 0 Å². The summed E-state index contributed by atoms with van der Waals surface area (Å²) in [4.78, 5) is 0. The zero-order chi connectivity index (χ0) is 12.4. The van der Waals surface area contributed by atoms with Crippen LogP contribution in [0.15, 0.2) is 24.3 Å². The first-order valence-electron chi connectivity index (χ1n) is 7.61.